The second-order valence-electron chi connectivity index (χ2n) is 4.79. The minimum Gasteiger partial charge on any atom is -0.475 e. The van der Waals surface area contributed by atoms with Crippen LogP contribution in [0.25, 0.3) is 0 Å². The fraction of sp³-hybridized carbons (Fsp3) is 0.615. The maximum Gasteiger partial charge on any atom is 0.372 e. The van der Waals surface area contributed by atoms with Gasteiger partial charge in [-0.15, -0.1) is 0 Å². The molecule has 1 aliphatic rings. The van der Waals surface area contributed by atoms with Crippen LogP contribution in [-0.2, 0) is 6.54 Å². The number of carbonyl (C=O) groups is 1. The van der Waals surface area contributed by atoms with Crippen LogP contribution in [0.2, 0.25) is 0 Å². The average Bonchev–Trinajstić information content (AvgIpc) is 2.78. The van der Waals surface area contributed by atoms with Crippen molar-refractivity contribution >= 4 is 5.97 Å². The number of furan rings is 1. The topological polar surface area (TPSA) is 53.7 Å². The van der Waals surface area contributed by atoms with E-state index >= 15 is 0 Å². The van der Waals surface area contributed by atoms with Crippen molar-refractivity contribution in [3.63, 3.8) is 0 Å². The molecule has 17 heavy (non-hydrogen) atoms. The SMILES string of the molecule is CN(Cc1ccoc1C(=O)O)C1CCCCC1. The molecule has 94 valence electrons. The molecule has 0 aliphatic heterocycles. The number of nitrogens with zero attached hydrogens (tertiary/aromatic N) is 1. The van der Waals surface area contributed by atoms with Crippen LogP contribution in [0, 0.1) is 0 Å². The molecule has 1 aliphatic carbocycles. The van der Waals surface area contributed by atoms with Crippen molar-refractivity contribution in [3.05, 3.63) is 23.7 Å². The summed E-state index contributed by atoms with van der Waals surface area (Å²) in [7, 11) is 2.06. The Bertz CT molecular complexity index is 380. The van der Waals surface area contributed by atoms with Gasteiger partial charge in [0.25, 0.3) is 0 Å². The highest BCUT2D eigenvalue weighted by Gasteiger charge is 2.21. The van der Waals surface area contributed by atoms with E-state index in [1.807, 2.05) is 0 Å². The van der Waals surface area contributed by atoms with Gasteiger partial charge in [-0.3, -0.25) is 4.90 Å². The molecule has 4 heteroatoms. The Labute approximate surface area is 101 Å². The standard InChI is InChI=1S/C13H19NO3/c1-14(11-5-3-2-4-6-11)9-10-7-8-17-12(10)13(15)16/h7-8,11H,2-6,9H2,1H3,(H,15,16). The molecule has 1 aromatic heterocycles. The second kappa shape index (κ2) is 5.36. The third kappa shape index (κ3) is 2.88. The van der Waals surface area contributed by atoms with Crippen molar-refractivity contribution < 1.29 is 14.3 Å². The van der Waals surface area contributed by atoms with Crippen LogP contribution in [0.4, 0.5) is 0 Å². The number of hydrogen-bond acceptors (Lipinski definition) is 3. The van der Waals surface area contributed by atoms with Crippen molar-refractivity contribution in [2.45, 2.75) is 44.7 Å². The summed E-state index contributed by atoms with van der Waals surface area (Å²) in [5.74, 6) is -0.908. The van der Waals surface area contributed by atoms with Gasteiger partial charge in [-0.1, -0.05) is 19.3 Å². The molecule has 0 amide bonds. The lowest BCUT2D eigenvalue weighted by Gasteiger charge is -2.30. The quantitative estimate of drug-likeness (QED) is 0.874. The van der Waals surface area contributed by atoms with E-state index in [4.69, 9.17) is 9.52 Å². The van der Waals surface area contributed by atoms with E-state index in [-0.39, 0.29) is 5.76 Å². The lowest BCUT2D eigenvalue weighted by molar-refractivity contribution is 0.0658. The van der Waals surface area contributed by atoms with E-state index < -0.39 is 5.97 Å². The fourth-order valence-electron chi connectivity index (χ4n) is 2.57. The summed E-state index contributed by atoms with van der Waals surface area (Å²) in [4.78, 5) is 13.2. The lowest BCUT2D eigenvalue weighted by Crippen LogP contribution is -2.33. The van der Waals surface area contributed by atoms with Gasteiger partial charge in [0, 0.05) is 18.2 Å². The van der Waals surface area contributed by atoms with Crippen LogP contribution >= 0.6 is 0 Å². The predicted octanol–water partition coefficient (Wildman–Crippen LogP) is 2.74. The summed E-state index contributed by atoms with van der Waals surface area (Å²) >= 11 is 0. The second-order valence-corrected chi connectivity index (χ2v) is 4.79. The molecule has 0 unspecified atom stereocenters. The van der Waals surface area contributed by atoms with Crippen LogP contribution in [0.5, 0.6) is 0 Å². The van der Waals surface area contributed by atoms with Crippen LogP contribution < -0.4 is 0 Å². The van der Waals surface area contributed by atoms with Gasteiger partial charge in [0.1, 0.15) is 0 Å². The highest BCUT2D eigenvalue weighted by atomic mass is 16.4. The maximum atomic E-state index is 10.9. The highest BCUT2D eigenvalue weighted by molar-refractivity contribution is 5.86. The first kappa shape index (κ1) is 12.2. The number of carboxylic acid groups (broad SMARTS) is 1. The van der Waals surface area contributed by atoms with Gasteiger partial charge < -0.3 is 9.52 Å². The van der Waals surface area contributed by atoms with E-state index in [0.29, 0.717) is 12.6 Å². The molecule has 2 rings (SSSR count). The molecule has 0 atom stereocenters. The van der Waals surface area contributed by atoms with Gasteiger partial charge in [-0.05, 0) is 26.0 Å². The molecular formula is C13H19NO3. The molecule has 0 spiro atoms. The first-order valence-electron chi connectivity index (χ1n) is 6.18. The van der Waals surface area contributed by atoms with Gasteiger partial charge >= 0.3 is 5.97 Å². The molecule has 0 radical (unpaired) electrons. The smallest absolute Gasteiger partial charge is 0.372 e. The summed E-state index contributed by atoms with van der Waals surface area (Å²) in [5.41, 5.74) is 0.769. The molecule has 4 nitrogen and oxygen atoms in total. The van der Waals surface area contributed by atoms with E-state index in [9.17, 15) is 4.79 Å². The molecule has 0 saturated heterocycles. The summed E-state index contributed by atoms with van der Waals surface area (Å²) in [6, 6.07) is 2.34. The number of carboxylic acids is 1. The van der Waals surface area contributed by atoms with Crippen molar-refractivity contribution in [2.75, 3.05) is 7.05 Å². The highest BCUT2D eigenvalue weighted by Crippen LogP contribution is 2.23. The Hall–Kier alpha value is -1.29. The molecule has 1 fully saturated rings. The molecule has 1 heterocycles. The summed E-state index contributed by atoms with van der Waals surface area (Å²) in [5, 5.41) is 8.97. The van der Waals surface area contributed by atoms with Gasteiger partial charge in [0.05, 0.1) is 6.26 Å². The first-order valence-corrected chi connectivity index (χ1v) is 6.18. The van der Waals surface area contributed by atoms with E-state index in [2.05, 4.69) is 11.9 Å². The van der Waals surface area contributed by atoms with Crippen molar-refractivity contribution in [1.82, 2.24) is 4.90 Å². The van der Waals surface area contributed by atoms with E-state index in [1.165, 1.54) is 38.4 Å². The zero-order valence-electron chi connectivity index (χ0n) is 10.2. The number of rotatable bonds is 4. The molecule has 1 aromatic rings. The van der Waals surface area contributed by atoms with Gasteiger partial charge in [-0.25, -0.2) is 4.79 Å². The first-order chi connectivity index (χ1) is 8.18. The van der Waals surface area contributed by atoms with Crippen molar-refractivity contribution in [2.24, 2.45) is 0 Å². The third-order valence-corrected chi connectivity index (χ3v) is 3.56. The van der Waals surface area contributed by atoms with Crippen LogP contribution in [0.3, 0.4) is 0 Å². The minimum absolute atomic E-state index is 0.0765. The molecular weight excluding hydrogens is 218 g/mol. The Morgan fingerprint density at radius 1 is 1.47 bits per heavy atom. The molecule has 0 aromatic carbocycles. The lowest BCUT2D eigenvalue weighted by atomic mass is 9.94. The number of hydrogen-bond donors (Lipinski definition) is 1. The van der Waals surface area contributed by atoms with Gasteiger partial charge in [-0.2, -0.15) is 0 Å². The molecule has 1 saturated carbocycles. The van der Waals surface area contributed by atoms with Crippen molar-refractivity contribution in [3.8, 4) is 0 Å². The van der Waals surface area contributed by atoms with Crippen molar-refractivity contribution in [1.29, 1.82) is 0 Å². The molecule has 1 N–H and O–H groups in total. The predicted molar refractivity (Wildman–Crippen MR) is 64.0 cm³/mol. The summed E-state index contributed by atoms with van der Waals surface area (Å²) in [6.07, 6.45) is 7.79. The largest absolute Gasteiger partial charge is 0.475 e. The zero-order chi connectivity index (χ0) is 12.3. The maximum absolute atomic E-state index is 10.9. The van der Waals surface area contributed by atoms with Crippen LogP contribution in [0.15, 0.2) is 16.7 Å². The van der Waals surface area contributed by atoms with Crippen LogP contribution in [0.1, 0.15) is 48.2 Å². The minimum atomic E-state index is -0.984. The Balaban J connectivity index is 1.99. The normalized spacial score (nSPS) is 17.5. The average molecular weight is 237 g/mol. The zero-order valence-corrected chi connectivity index (χ0v) is 10.2. The fourth-order valence-corrected chi connectivity index (χ4v) is 2.57. The number of aromatic carboxylic acids is 1. The van der Waals surface area contributed by atoms with Gasteiger partial charge in [0.2, 0.25) is 5.76 Å². The Morgan fingerprint density at radius 2 is 2.18 bits per heavy atom. The Morgan fingerprint density at radius 3 is 2.82 bits per heavy atom. The monoisotopic (exact) mass is 237 g/mol. The van der Waals surface area contributed by atoms with Gasteiger partial charge in [0.15, 0.2) is 0 Å². The molecule has 0 bridgehead atoms. The van der Waals surface area contributed by atoms with Crippen LogP contribution in [-0.4, -0.2) is 29.1 Å². The third-order valence-electron chi connectivity index (χ3n) is 3.56. The summed E-state index contributed by atoms with van der Waals surface area (Å²) in [6.45, 7) is 0.656. The Kier molecular flexibility index (Phi) is 3.84. The summed E-state index contributed by atoms with van der Waals surface area (Å²) < 4.78 is 4.99. The van der Waals surface area contributed by atoms with E-state index in [1.54, 1.807) is 6.07 Å². The van der Waals surface area contributed by atoms with E-state index in [0.717, 1.165) is 5.56 Å².